The monoisotopic (exact) mass is 1150 g/mol. The van der Waals surface area contributed by atoms with Crippen LogP contribution >= 0.6 is 59.6 Å². The topological polar surface area (TPSA) is 141 Å². The number of nitrogens with two attached hydrogens (primary N) is 1. The van der Waals surface area contributed by atoms with Crippen LogP contribution in [0.5, 0.6) is 0 Å². The molecule has 1 aromatic heterocycles. The molecule has 1 heterocycles. The third-order valence-corrected chi connectivity index (χ3v) is 12.0. The van der Waals surface area contributed by atoms with Crippen molar-refractivity contribution in [3.05, 3.63) is 181 Å². The van der Waals surface area contributed by atoms with Crippen molar-refractivity contribution in [1.29, 1.82) is 0 Å². The summed E-state index contributed by atoms with van der Waals surface area (Å²) >= 11 is 16.3. The lowest BCUT2D eigenvalue weighted by atomic mass is 9.86. The molecule has 7 aromatic rings. The highest BCUT2D eigenvalue weighted by molar-refractivity contribution is 9.11. The lowest BCUT2D eigenvalue weighted by Crippen LogP contribution is -2.15. The van der Waals surface area contributed by atoms with Crippen LogP contribution in [0.25, 0.3) is 22.4 Å². The zero-order chi connectivity index (χ0) is 49.2. The fourth-order valence-electron chi connectivity index (χ4n) is 6.10. The van der Waals surface area contributed by atoms with Crippen LogP contribution in [0.2, 0.25) is 0 Å². The van der Waals surface area contributed by atoms with Gasteiger partial charge in [-0.15, -0.1) is 0 Å². The molecular weight excluding hydrogens is 1090 g/mol. The number of nitrogens with zero attached hydrogens (tertiary/aromatic N) is 3. The molecule has 0 aliphatic heterocycles. The van der Waals surface area contributed by atoms with Gasteiger partial charge in [-0.05, 0) is 117 Å². The van der Waals surface area contributed by atoms with Gasteiger partial charge in [0.15, 0.2) is 5.84 Å². The van der Waals surface area contributed by atoms with E-state index in [1.807, 2.05) is 91.0 Å². The van der Waals surface area contributed by atoms with Crippen LogP contribution in [0.3, 0.4) is 0 Å². The molecule has 0 bridgehead atoms. The van der Waals surface area contributed by atoms with E-state index in [4.69, 9.17) is 27.9 Å². The van der Waals surface area contributed by atoms with E-state index >= 15 is 0 Å². The van der Waals surface area contributed by atoms with Gasteiger partial charge in [-0.25, -0.2) is 14.9 Å². The summed E-state index contributed by atoms with van der Waals surface area (Å²) in [7, 11) is 2.18. The number of anilines is 1. The minimum absolute atomic E-state index is 0. The number of benzene rings is 6. The molecule has 0 fully saturated rings. The number of nitrogens with one attached hydrogen (secondary N) is 2. The number of H-pyrrole nitrogens is 1. The molecular formula is C55H71Br3ClFN6O3. The van der Waals surface area contributed by atoms with E-state index < -0.39 is 0 Å². The molecule has 69 heavy (non-hydrogen) atoms. The van der Waals surface area contributed by atoms with Crippen LogP contribution < -0.4 is 11.1 Å². The molecule has 0 aliphatic carbocycles. The summed E-state index contributed by atoms with van der Waals surface area (Å²) in [5, 5.41) is 17.3. The van der Waals surface area contributed by atoms with Crippen molar-refractivity contribution in [3.8, 4) is 11.4 Å². The molecule has 0 saturated carbocycles. The van der Waals surface area contributed by atoms with Crippen LogP contribution in [0.1, 0.15) is 105 Å². The third-order valence-electron chi connectivity index (χ3n) is 9.86. The Balaban J connectivity index is 0.000000939. The summed E-state index contributed by atoms with van der Waals surface area (Å²) in [5.41, 5.74) is 17.2. The van der Waals surface area contributed by atoms with E-state index in [9.17, 15) is 0 Å². The van der Waals surface area contributed by atoms with Crippen LogP contribution in [0.4, 0.5) is 16.1 Å². The molecule has 7 rings (SSSR count). The van der Waals surface area contributed by atoms with Crippen LogP contribution in [-0.2, 0) is 21.1 Å². The number of halogens is 5. The first-order chi connectivity index (χ1) is 31.2. The van der Waals surface area contributed by atoms with Gasteiger partial charge in [0.05, 0.1) is 24.0 Å². The fourth-order valence-corrected chi connectivity index (χ4v) is 7.45. The van der Waals surface area contributed by atoms with Crippen molar-refractivity contribution in [1.82, 2.24) is 9.97 Å². The SMILES string of the molecule is C.C.CC(C)(C)c1ccc(-c2nc3c(Br)cccc3[nH]2)cc1.CC(C)(C)c1ccc(C(=NCl)Nc2ccccc2Br)cc1.CC(C)(C)c1ccc(C(N)=Nc2ccccc2Br)cc1.CO.COO.F. The van der Waals surface area contributed by atoms with E-state index in [1.54, 1.807) is 0 Å². The highest BCUT2D eigenvalue weighted by Gasteiger charge is 2.16. The van der Waals surface area contributed by atoms with Gasteiger partial charge in [-0.3, -0.25) is 9.96 Å². The van der Waals surface area contributed by atoms with Crippen molar-refractivity contribution < 1.29 is 20.0 Å². The standard InChI is InChI=1S/C17H18BrClN2.C17H17BrN2.C17H19BrN2.CH4O2.CH4O.2CH4.FH/c1-17(2,3)13-10-8-12(9-11-13)16(21-19)20-15-7-5-4-6-14(15)18;1-17(2,3)12-9-7-11(8-10-12)16-19-14-6-4-5-13(18)15(14)20-16;1-17(2,3)13-10-8-12(9-11-13)16(19)20-15-7-5-4-6-14(15)18;1-3-2;1-2;;;/h4-11H,1-3H3,(H,20,21);4-10H,1-3H3,(H,19,20);4-11H,1-3H3,(H2,19,20);2H,1H3;2H,1H3;2*1H4;1H. The van der Waals surface area contributed by atoms with E-state index in [-0.39, 0.29) is 35.8 Å². The molecule has 374 valence electrons. The molecule has 6 aromatic carbocycles. The first kappa shape index (κ1) is 64.3. The molecule has 0 unspecified atom stereocenters. The first-order valence-corrected chi connectivity index (χ1v) is 23.8. The molecule has 14 heteroatoms. The number of fused-ring (bicyclic) bond motifs is 1. The maximum atomic E-state index is 7.07. The second-order valence-electron chi connectivity index (χ2n) is 17.9. The number of aliphatic hydroxyl groups is 1. The minimum Gasteiger partial charge on any atom is -0.400 e. The quantitative estimate of drug-likeness (QED) is 0.0503. The first-order valence-electron chi connectivity index (χ1n) is 21.0. The predicted octanol–water partition coefficient (Wildman–Crippen LogP) is 17.0. The van der Waals surface area contributed by atoms with Gasteiger partial charge in [-0.1, -0.05) is 180 Å². The normalized spacial score (nSPS) is 11.2. The van der Waals surface area contributed by atoms with Crippen LogP contribution in [0.15, 0.2) is 162 Å². The third kappa shape index (κ3) is 19.9. The Bertz CT molecular complexity index is 2640. The van der Waals surface area contributed by atoms with Gasteiger partial charge in [0, 0.05) is 49.0 Å². The van der Waals surface area contributed by atoms with Crippen LogP contribution in [0, 0.1) is 0 Å². The van der Waals surface area contributed by atoms with Crippen molar-refractivity contribution in [2.75, 3.05) is 19.5 Å². The lowest BCUT2D eigenvalue weighted by molar-refractivity contribution is -0.214. The molecule has 0 atom stereocenters. The number of aliphatic imine (C=N–C) groups is 1. The average molecular weight is 1160 g/mol. The molecule has 9 nitrogen and oxygen atoms in total. The minimum atomic E-state index is 0. The zero-order valence-electron chi connectivity index (χ0n) is 39.9. The molecule has 6 N–H and O–H groups in total. The lowest BCUT2D eigenvalue weighted by Gasteiger charge is -2.19. The molecule has 0 saturated heterocycles. The molecule has 0 radical (unpaired) electrons. The van der Waals surface area contributed by atoms with Gasteiger partial charge < -0.3 is 21.1 Å². The largest absolute Gasteiger partial charge is 0.400 e. The number of hydrogen-bond acceptors (Lipinski definition) is 6. The second kappa shape index (κ2) is 30.1. The van der Waals surface area contributed by atoms with Gasteiger partial charge >= 0.3 is 0 Å². The summed E-state index contributed by atoms with van der Waals surface area (Å²) in [6.45, 7) is 19.8. The predicted molar refractivity (Wildman–Crippen MR) is 307 cm³/mol. The number of amidine groups is 2. The number of imidazole rings is 1. The summed E-state index contributed by atoms with van der Waals surface area (Å²) in [6, 6.07) is 46.9. The summed E-state index contributed by atoms with van der Waals surface area (Å²) in [5.74, 6) is 2.06. The Hall–Kier alpha value is -4.73. The Morgan fingerprint density at radius 3 is 1.48 bits per heavy atom. The smallest absolute Gasteiger partial charge is 0.152 e. The zero-order valence-corrected chi connectivity index (χ0v) is 45.4. The highest BCUT2D eigenvalue weighted by Crippen LogP contribution is 2.30. The number of aromatic amines is 1. The van der Waals surface area contributed by atoms with E-state index in [0.717, 1.165) is 65.5 Å². The number of aliphatic hydroxyl groups excluding tert-OH is 1. The van der Waals surface area contributed by atoms with Crippen molar-refractivity contribution in [2.45, 2.75) is 93.4 Å². The van der Waals surface area contributed by atoms with Gasteiger partial charge in [-0.2, -0.15) is 4.51 Å². The number of para-hydroxylation sites is 3. The van der Waals surface area contributed by atoms with Crippen molar-refractivity contribution in [3.63, 3.8) is 0 Å². The Kier molecular flexibility index (Phi) is 28.0. The van der Waals surface area contributed by atoms with Gasteiger partial charge in [0.2, 0.25) is 0 Å². The molecule has 0 amide bonds. The summed E-state index contributed by atoms with van der Waals surface area (Å²) < 4.78 is 6.77. The summed E-state index contributed by atoms with van der Waals surface area (Å²) in [4.78, 5) is 15.8. The van der Waals surface area contributed by atoms with E-state index in [0.29, 0.717) is 11.7 Å². The molecule has 0 spiro atoms. The Morgan fingerprint density at radius 2 is 1.04 bits per heavy atom. The van der Waals surface area contributed by atoms with Gasteiger partial charge in [0.25, 0.3) is 0 Å². The van der Waals surface area contributed by atoms with E-state index in [2.05, 4.69) is 188 Å². The van der Waals surface area contributed by atoms with Crippen molar-refractivity contribution in [2.24, 2.45) is 15.2 Å². The highest BCUT2D eigenvalue weighted by atomic mass is 79.9. The number of hydrogen-bond donors (Lipinski definition) is 5. The maximum absolute atomic E-state index is 7.07. The van der Waals surface area contributed by atoms with E-state index in [1.165, 1.54) is 23.8 Å². The average Bonchev–Trinajstić information content (AvgIpc) is 3.74. The van der Waals surface area contributed by atoms with Crippen LogP contribution in [-0.4, -0.2) is 46.2 Å². The van der Waals surface area contributed by atoms with Crippen molar-refractivity contribution >= 4 is 93.6 Å². The van der Waals surface area contributed by atoms with Gasteiger partial charge in [0.1, 0.15) is 17.2 Å². The Morgan fingerprint density at radius 1 is 0.623 bits per heavy atom. The fraction of sp³-hybridized carbons (Fsp3) is 0.291. The second-order valence-corrected chi connectivity index (χ2v) is 20.6. The number of rotatable bonds is 5. The Labute approximate surface area is 440 Å². The summed E-state index contributed by atoms with van der Waals surface area (Å²) in [6.07, 6.45) is 0. The number of aromatic nitrogens is 2. The maximum Gasteiger partial charge on any atom is 0.152 e. The molecule has 0 aliphatic rings.